The molecular weight excluding hydrogens is 172 g/mol. The van der Waals surface area contributed by atoms with Gasteiger partial charge >= 0.3 is 0 Å². The number of rotatable bonds is 1. The highest BCUT2D eigenvalue weighted by atomic mass is 15.2. The van der Waals surface area contributed by atoms with Crippen LogP contribution in [0.15, 0.2) is 23.2 Å². The van der Waals surface area contributed by atoms with Crippen molar-refractivity contribution in [3.63, 3.8) is 0 Å². The third-order valence-corrected chi connectivity index (χ3v) is 2.54. The number of benzene rings is 1. The second kappa shape index (κ2) is 3.45. The van der Waals surface area contributed by atoms with Gasteiger partial charge in [-0.1, -0.05) is 17.2 Å². The zero-order chi connectivity index (χ0) is 10.1. The number of aliphatic imine (C=N–C) groups is 1. The standard InChI is InChI=1S/C12H16N2/c1-9-6-10(2)8-11(7-9)12-13-4-5-14(12)3/h6-8H,4-5H2,1-3H3. The molecule has 0 unspecified atom stereocenters. The van der Waals surface area contributed by atoms with Crippen LogP contribution in [0.3, 0.4) is 0 Å². The van der Waals surface area contributed by atoms with E-state index >= 15 is 0 Å². The Morgan fingerprint density at radius 1 is 1.14 bits per heavy atom. The summed E-state index contributed by atoms with van der Waals surface area (Å²) in [5, 5.41) is 0. The monoisotopic (exact) mass is 188 g/mol. The summed E-state index contributed by atoms with van der Waals surface area (Å²) < 4.78 is 0. The largest absolute Gasteiger partial charge is 0.358 e. The van der Waals surface area contributed by atoms with Crippen molar-refractivity contribution in [2.45, 2.75) is 13.8 Å². The summed E-state index contributed by atoms with van der Waals surface area (Å²) in [7, 11) is 2.10. The second-order valence-electron chi connectivity index (χ2n) is 4.00. The number of hydrogen-bond acceptors (Lipinski definition) is 2. The van der Waals surface area contributed by atoms with Gasteiger partial charge in [0.05, 0.1) is 6.54 Å². The van der Waals surface area contributed by atoms with Crippen molar-refractivity contribution in [2.24, 2.45) is 4.99 Å². The normalized spacial score (nSPS) is 15.9. The fourth-order valence-electron chi connectivity index (χ4n) is 1.95. The Kier molecular flexibility index (Phi) is 2.28. The van der Waals surface area contributed by atoms with Gasteiger partial charge in [-0.2, -0.15) is 0 Å². The van der Waals surface area contributed by atoms with Gasteiger partial charge in [-0.25, -0.2) is 0 Å². The molecule has 0 spiro atoms. The molecule has 0 bridgehead atoms. The molecule has 0 saturated heterocycles. The first-order valence-electron chi connectivity index (χ1n) is 5.01. The Bertz CT molecular complexity index is 360. The molecule has 2 nitrogen and oxygen atoms in total. The third-order valence-electron chi connectivity index (χ3n) is 2.54. The van der Waals surface area contributed by atoms with Gasteiger partial charge in [0.25, 0.3) is 0 Å². The summed E-state index contributed by atoms with van der Waals surface area (Å²) in [4.78, 5) is 6.73. The maximum absolute atomic E-state index is 4.51. The Labute approximate surface area is 85.3 Å². The Hall–Kier alpha value is -1.31. The van der Waals surface area contributed by atoms with Gasteiger partial charge in [-0.15, -0.1) is 0 Å². The minimum absolute atomic E-state index is 0.929. The molecule has 1 aromatic rings. The second-order valence-corrected chi connectivity index (χ2v) is 4.00. The first-order chi connectivity index (χ1) is 6.66. The van der Waals surface area contributed by atoms with Gasteiger partial charge in [-0.3, -0.25) is 4.99 Å². The van der Waals surface area contributed by atoms with Crippen molar-refractivity contribution in [1.82, 2.24) is 4.90 Å². The zero-order valence-electron chi connectivity index (χ0n) is 9.04. The average Bonchev–Trinajstić information content (AvgIpc) is 2.49. The molecule has 0 aliphatic carbocycles. The van der Waals surface area contributed by atoms with Crippen LogP contribution >= 0.6 is 0 Å². The summed E-state index contributed by atoms with van der Waals surface area (Å²) in [5.41, 5.74) is 3.87. The van der Waals surface area contributed by atoms with Gasteiger partial charge in [0.1, 0.15) is 5.84 Å². The van der Waals surface area contributed by atoms with Crippen LogP contribution in [-0.4, -0.2) is 30.9 Å². The number of aryl methyl sites for hydroxylation is 2. The number of nitrogens with zero attached hydrogens (tertiary/aromatic N) is 2. The molecule has 0 radical (unpaired) electrons. The maximum atomic E-state index is 4.51. The number of hydrogen-bond donors (Lipinski definition) is 0. The van der Waals surface area contributed by atoms with Gasteiger partial charge in [0.15, 0.2) is 0 Å². The smallest absolute Gasteiger partial charge is 0.130 e. The fraction of sp³-hybridized carbons (Fsp3) is 0.417. The first-order valence-corrected chi connectivity index (χ1v) is 5.01. The predicted octanol–water partition coefficient (Wildman–Crippen LogP) is 2.00. The van der Waals surface area contributed by atoms with Crippen molar-refractivity contribution in [3.05, 3.63) is 34.9 Å². The Balaban J connectivity index is 2.41. The highest BCUT2D eigenvalue weighted by Crippen LogP contribution is 2.13. The molecule has 2 rings (SSSR count). The highest BCUT2D eigenvalue weighted by molar-refractivity contribution is 5.99. The minimum atomic E-state index is 0.929. The van der Waals surface area contributed by atoms with Gasteiger partial charge in [-0.05, 0) is 26.0 Å². The first kappa shape index (κ1) is 9.25. The van der Waals surface area contributed by atoms with E-state index in [0.29, 0.717) is 0 Å². The van der Waals surface area contributed by atoms with E-state index in [1.54, 1.807) is 0 Å². The lowest BCUT2D eigenvalue weighted by atomic mass is 10.1. The van der Waals surface area contributed by atoms with Crippen LogP contribution in [-0.2, 0) is 0 Å². The fourth-order valence-corrected chi connectivity index (χ4v) is 1.95. The average molecular weight is 188 g/mol. The molecule has 0 aromatic heterocycles. The van der Waals surface area contributed by atoms with Gasteiger partial charge in [0.2, 0.25) is 0 Å². The van der Waals surface area contributed by atoms with Crippen molar-refractivity contribution in [2.75, 3.05) is 20.1 Å². The van der Waals surface area contributed by atoms with E-state index in [4.69, 9.17) is 0 Å². The summed E-state index contributed by atoms with van der Waals surface area (Å²) in [6.45, 7) is 6.24. The topological polar surface area (TPSA) is 15.6 Å². The van der Waals surface area contributed by atoms with E-state index in [2.05, 4.69) is 49.0 Å². The lowest BCUT2D eigenvalue weighted by molar-refractivity contribution is 0.557. The van der Waals surface area contributed by atoms with Crippen molar-refractivity contribution in [3.8, 4) is 0 Å². The molecule has 1 aromatic carbocycles. The van der Waals surface area contributed by atoms with Gasteiger partial charge in [0, 0.05) is 19.2 Å². The molecule has 14 heavy (non-hydrogen) atoms. The van der Waals surface area contributed by atoms with Crippen LogP contribution in [0.4, 0.5) is 0 Å². The number of amidine groups is 1. The lowest BCUT2D eigenvalue weighted by Gasteiger charge is -2.14. The van der Waals surface area contributed by atoms with Crippen LogP contribution in [0, 0.1) is 13.8 Å². The molecule has 74 valence electrons. The predicted molar refractivity (Wildman–Crippen MR) is 60.0 cm³/mol. The van der Waals surface area contributed by atoms with Crippen LogP contribution in [0.1, 0.15) is 16.7 Å². The molecule has 0 atom stereocenters. The summed E-state index contributed by atoms with van der Waals surface area (Å²) >= 11 is 0. The minimum Gasteiger partial charge on any atom is -0.358 e. The van der Waals surface area contributed by atoms with Crippen LogP contribution < -0.4 is 0 Å². The summed E-state index contributed by atoms with van der Waals surface area (Å²) in [6, 6.07) is 6.60. The van der Waals surface area contributed by atoms with Crippen molar-refractivity contribution < 1.29 is 0 Å². The van der Waals surface area contributed by atoms with E-state index in [1.807, 2.05) is 0 Å². The molecule has 1 aliphatic heterocycles. The highest BCUT2D eigenvalue weighted by Gasteiger charge is 2.14. The zero-order valence-corrected chi connectivity index (χ0v) is 9.04. The summed E-state index contributed by atoms with van der Waals surface area (Å²) in [5.74, 6) is 1.14. The molecule has 0 fully saturated rings. The van der Waals surface area contributed by atoms with E-state index in [-0.39, 0.29) is 0 Å². The Morgan fingerprint density at radius 2 is 1.79 bits per heavy atom. The van der Waals surface area contributed by atoms with Crippen molar-refractivity contribution in [1.29, 1.82) is 0 Å². The molecule has 1 heterocycles. The van der Waals surface area contributed by atoms with E-state index < -0.39 is 0 Å². The molecule has 0 saturated carbocycles. The van der Waals surface area contributed by atoms with E-state index in [9.17, 15) is 0 Å². The SMILES string of the molecule is Cc1cc(C)cc(C2=NCCN2C)c1. The molecule has 1 aliphatic rings. The summed E-state index contributed by atoms with van der Waals surface area (Å²) in [6.07, 6.45) is 0. The Morgan fingerprint density at radius 3 is 2.29 bits per heavy atom. The number of likely N-dealkylation sites (N-methyl/N-ethyl adjacent to an activating group) is 1. The van der Waals surface area contributed by atoms with Gasteiger partial charge < -0.3 is 4.90 Å². The molecule has 0 amide bonds. The van der Waals surface area contributed by atoms with E-state index in [1.165, 1.54) is 16.7 Å². The van der Waals surface area contributed by atoms with Crippen LogP contribution in [0.2, 0.25) is 0 Å². The third kappa shape index (κ3) is 1.65. The van der Waals surface area contributed by atoms with Crippen molar-refractivity contribution >= 4 is 5.84 Å². The lowest BCUT2D eigenvalue weighted by Crippen LogP contribution is -2.23. The molecule has 0 N–H and O–H groups in total. The van der Waals surface area contributed by atoms with Crippen LogP contribution in [0.25, 0.3) is 0 Å². The maximum Gasteiger partial charge on any atom is 0.130 e. The van der Waals surface area contributed by atoms with Crippen LogP contribution in [0.5, 0.6) is 0 Å². The quantitative estimate of drug-likeness (QED) is 0.658. The molecule has 2 heteroatoms. The molecular formula is C12H16N2. The van der Waals surface area contributed by atoms with E-state index in [0.717, 1.165) is 18.9 Å².